The van der Waals surface area contributed by atoms with Crippen molar-refractivity contribution in [2.24, 2.45) is 0 Å². The number of para-hydroxylation sites is 1. The van der Waals surface area contributed by atoms with E-state index in [1.165, 1.54) is 0 Å². The van der Waals surface area contributed by atoms with E-state index in [0.29, 0.717) is 26.0 Å². The van der Waals surface area contributed by atoms with E-state index < -0.39 is 0 Å². The SMILES string of the molecule is O=C(CCOc1ccccc1)NCCc1ccco1. The molecule has 100 valence electrons. The van der Waals surface area contributed by atoms with Crippen LogP contribution in [-0.4, -0.2) is 19.1 Å². The van der Waals surface area contributed by atoms with Crippen LogP contribution in [0.1, 0.15) is 12.2 Å². The molecule has 1 amide bonds. The van der Waals surface area contributed by atoms with Crippen LogP contribution in [0.5, 0.6) is 5.75 Å². The maximum atomic E-state index is 11.5. The predicted molar refractivity (Wildman–Crippen MR) is 72.0 cm³/mol. The average Bonchev–Trinajstić information content (AvgIpc) is 2.93. The topological polar surface area (TPSA) is 51.5 Å². The quantitative estimate of drug-likeness (QED) is 0.830. The molecule has 4 heteroatoms. The lowest BCUT2D eigenvalue weighted by atomic mass is 10.3. The minimum atomic E-state index is -0.0116. The van der Waals surface area contributed by atoms with Gasteiger partial charge in [0.1, 0.15) is 11.5 Å². The first-order chi connectivity index (χ1) is 9.34. The van der Waals surface area contributed by atoms with Gasteiger partial charge in [-0.1, -0.05) is 18.2 Å². The molecule has 1 N–H and O–H groups in total. The number of rotatable bonds is 7. The molecule has 0 bridgehead atoms. The van der Waals surface area contributed by atoms with Crippen molar-refractivity contribution >= 4 is 5.91 Å². The number of carbonyl (C=O) groups excluding carboxylic acids is 1. The fraction of sp³-hybridized carbons (Fsp3) is 0.267. The molecule has 0 aliphatic carbocycles. The molecule has 19 heavy (non-hydrogen) atoms. The van der Waals surface area contributed by atoms with Gasteiger partial charge in [0.2, 0.25) is 5.91 Å². The maximum Gasteiger partial charge on any atom is 0.223 e. The van der Waals surface area contributed by atoms with Crippen LogP contribution in [-0.2, 0) is 11.2 Å². The van der Waals surface area contributed by atoms with E-state index in [4.69, 9.17) is 9.15 Å². The summed E-state index contributed by atoms with van der Waals surface area (Å²) in [5.74, 6) is 1.65. The Morgan fingerprint density at radius 1 is 1.16 bits per heavy atom. The zero-order valence-electron chi connectivity index (χ0n) is 10.7. The summed E-state index contributed by atoms with van der Waals surface area (Å²) in [6, 6.07) is 13.2. The summed E-state index contributed by atoms with van der Waals surface area (Å²) in [6.07, 6.45) is 2.69. The Kier molecular flexibility index (Phi) is 5.05. The summed E-state index contributed by atoms with van der Waals surface area (Å²) >= 11 is 0. The lowest BCUT2D eigenvalue weighted by molar-refractivity contribution is -0.121. The maximum absolute atomic E-state index is 11.5. The van der Waals surface area contributed by atoms with Crippen LogP contribution >= 0.6 is 0 Å². The monoisotopic (exact) mass is 259 g/mol. The number of benzene rings is 1. The first kappa shape index (κ1) is 13.2. The minimum absolute atomic E-state index is 0.0116. The van der Waals surface area contributed by atoms with Gasteiger partial charge in [0, 0.05) is 13.0 Å². The fourth-order valence-corrected chi connectivity index (χ4v) is 1.65. The molecule has 4 nitrogen and oxygen atoms in total. The molecule has 0 spiro atoms. The second-order valence-electron chi connectivity index (χ2n) is 4.09. The van der Waals surface area contributed by atoms with Crippen molar-refractivity contribution in [3.63, 3.8) is 0 Å². The molecule has 1 aromatic carbocycles. The Balaban J connectivity index is 1.57. The second kappa shape index (κ2) is 7.26. The summed E-state index contributed by atoms with van der Waals surface area (Å²) in [7, 11) is 0. The molecule has 1 aromatic heterocycles. The zero-order chi connectivity index (χ0) is 13.3. The molecule has 0 saturated carbocycles. The highest BCUT2D eigenvalue weighted by atomic mass is 16.5. The van der Waals surface area contributed by atoms with Gasteiger partial charge >= 0.3 is 0 Å². The molecule has 1 heterocycles. The van der Waals surface area contributed by atoms with Gasteiger partial charge in [0.15, 0.2) is 0 Å². The predicted octanol–water partition coefficient (Wildman–Crippen LogP) is 2.41. The Labute approximate surface area is 112 Å². The van der Waals surface area contributed by atoms with Gasteiger partial charge in [-0.3, -0.25) is 4.79 Å². The van der Waals surface area contributed by atoms with Crippen LogP contribution in [0, 0.1) is 0 Å². The summed E-state index contributed by atoms with van der Waals surface area (Å²) in [6.45, 7) is 0.967. The number of hydrogen-bond acceptors (Lipinski definition) is 3. The number of furan rings is 1. The van der Waals surface area contributed by atoms with E-state index in [0.717, 1.165) is 11.5 Å². The lowest BCUT2D eigenvalue weighted by Gasteiger charge is -2.06. The van der Waals surface area contributed by atoms with Gasteiger partial charge in [-0.25, -0.2) is 0 Å². The molecule has 2 rings (SSSR count). The molecule has 0 aliphatic heterocycles. The average molecular weight is 259 g/mol. The van der Waals surface area contributed by atoms with Crippen molar-refractivity contribution in [3.05, 3.63) is 54.5 Å². The molecule has 2 aromatic rings. The summed E-state index contributed by atoms with van der Waals surface area (Å²) in [4.78, 5) is 11.5. The van der Waals surface area contributed by atoms with E-state index in [-0.39, 0.29) is 5.91 Å². The van der Waals surface area contributed by atoms with E-state index in [2.05, 4.69) is 5.32 Å². The second-order valence-corrected chi connectivity index (χ2v) is 4.09. The summed E-state index contributed by atoms with van der Waals surface area (Å²) in [5, 5.41) is 2.83. The van der Waals surface area contributed by atoms with Gasteiger partial charge < -0.3 is 14.5 Å². The van der Waals surface area contributed by atoms with Crippen LogP contribution in [0.25, 0.3) is 0 Å². The highest BCUT2D eigenvalue weighted by Gasteiger charge is 2.02. The molecule has 0 aliphatic rings. The van der Waals surface area contributed by atoms with Crippen molar-refractivity contribution in [3.8, 4) is 5.75 Å². The highest BCUT2D eigenvalue weighted by molar-refractivity contribution is 5.75. The van der Waals surface area contributed by atoms with Gasteiger partial charge in [-0.05, 0) is 24.3 Å². The third-order valence-corrected chi connectivity index (χ3v) is 2.61. The van der Waals surface area contributed by atoms with Crippen LogP contribution in [0.4, 0.5) is 0 Å². The van der Waals surface area contributed by atoms with Crippen LogP contribution in [0.3, 0.4) is 0 Å². The Bertz CT molecular complexity index is 479. The number of carbonyl (C=O) groups is 1. The summed E-state index contributed by atoms with van der Waals surface area (Å²) < 4.78 is 10.6. The molecule has 0 radical (unpaired) electrons. The zero-order valence-corrected chi connectivity index (χ0v) is 10.7. The number of nitrogens with one attached hydrogen (secondary N) is 1. The van der Waals surface area contributed by atoms with Crippen molar-refractivity contribution in [1.29, 1.82) is 0 Å². The molecular weight excluding hydrogens is 242 g/mol. The van der Waals surface area contributed by atoms with Crippen LogP contribution in [0.15, 0.2) is 53.1 Å². The molecule has 0 unspecified atom stereocenters. The molecule has 0 atom stereocenters. The third kappa shape index (κ3) is 4.87. The Morgan fingerprint density at radius 3 is 2.74 bits per heavy atom. The fourth-order valence-electron chi connectivity index (χ4n) is 1.65. The number of amides is 1. The number of hydrogen-bond donors (Lipinski definition) is 1. The minimum Gasteiger partial charge on any atom is -0.493 e. The van der Waals surface area contributed by atoms with Gasteiger partial charge in [-0.2, -0.15) is 0 Å². The van der Waals surface area contributed by atoms with Gasteiger partial charge in [0.05, 0.1) is 19.3 Å². The van der Waals surface area contributed by atoms with Crippen LogP contribution < -0.4 is 10.1 Å². The summed E-state index contributed by atoms with van der Waals surface area (Å²) in [5.41, 5.74) is 0. The standard InChI is InChI=1S/C15H17NO3/c17-15(16-10-8-14-7-4-11-18-14)9-12-19-13-5-2-1-3-6-13/h1-7,11H,8-10,12H2,(H,16,17). The Morgan fingerprint density at radius 2 is 2.00 bits per heavy atom. The molecular formula is C15H17NO3. The van der Waals surface area contributed by atoms with Crippen molar-refractivity contribution < 1.29 is 13.9 Å². The lowest BCUT2D eigenvalue weighted by Crippen LogP contribution is -2.26. The van der Waals surface area contributed by atoms with E-state index in [1.807, 2.05) is 42.5 Å². The number of ether oxygens (including phenoxy) is 1. The first-order valence-electron chi connectivity index (χ1n) is 6.31. The smallest absolute Gasteiger partial charge is 0.223 e. The van der Waals surface area contributed by atoms with Gasteiger partial charge in [-0.15, -0.1) is 0 Å². The van der Waals surface area contributed by atoms with Crippen LogP contribution in [0.2, 0.25) is 0 Å². The molecule has 0 fully saturated rings. The first-order valence-corrected chi connectivity index (χ1v) is 6.31. The van der Waals surface area contributed by atoms with E-state index in [1.54, 1.807) is 6.26 Å². The molecule has 0 saturated heterocycles. The third-order valence-electron chi connectivity index (χ3n) is 2.61. The van der Waals surface area contributed by atoms with Crippen molar-refractivity contribution in [1.82, 2.24) is 5.32 Å². The van der Waals surface area contributed by atoms with Gasteiger partial charge in [0.25, 0.3) is 0 Å². The van der Waals surface area contributed by atoms with E-state index >= 15 is 0 Å². The Hall–Kier alpha value is -2.23. The van der Waals surface area contributed by atoms with E-state index in [9.17, 15) is 4.79 Å². The van der Waals surface area contributed by atoms with Crippen molar-refractivity contribution in [2.75, 3.05) is 13.2 Å². The highest BCUT2D eigenvalue weighted by Crippen LogP contribution is 2.08. The van der Waals surface area contributed by atoms with Crippen molar-refractivity contribution in [2.45, 2.75) is 12.8 Å². The largest absolute Gasteiger partial charge is 0.493 e. The normalized spacial score (nSPS) is 10.1.